The lowest BCUT2D eigenvalue weighted by Crippen LogP contribution is -2.43. The monoisotopic (exact) mass is 360 g/mol. The SMILES string of the molecule is CCNC(=NCC(C)CN1CCOCC1)NCC1Cc2ccccc2O1. The molecule has 26 heavy (non-hydrogen) atoms. The van der Waals surface area contributed by atoms with Crippen LogP contribution in [0.4, 0.5) is 0 Å². The molecule has 3 rings (SSSR count). The Hall–Kier alpha value is -1.79. The van der Waals surface area contributed by atoms with E-state index in [4.69, 9.17) is 14.5 Å². The van der Waals surface area contributed by atoms with Crippen LogP contribution in [-0.2, 0) is 11.2 Å². The van der Waals surface area contributed by atoms with Gasteiger partial charge in [-0.2, -0.15) is 0 Å². The molecular weight excluding hydrogens is 328 g/mol. The number of hydrogen-bond donors (Lipinski definition) is 2. The molecule has 2 aliphatic heterocycles. The van der Waals surface area contributed by atoms with Crippen molar-refractivity contribution in [3.8, 4) is 5.75 Å². The Morgan fingerprint density at radius 1 is 1.27 bits per heavy atom. The molecule has 0 amide bonds. The van der Waals surface area contributed by atoms with Crippen molar-refractivity contribution in [2.24, 2.45) is 10.9 Å². The van der Waals surface area contributed by atoms with E-state index in [1.807, 2.05) is 12.1 Å². The quantitative estimate of drug-likeness (QED) is 0.570. The number of benzene rings is 1. The number of hydrogen-bond acceptors (Lipinski definition) is 4. The number of nitrogens with zero attached hydrogens (tertiary/aromatic N) is 2. The van der Waals surface area contributed by atoms with E-state index in [1.54, 1.807) is 0 Å². The van der Waals surface area contributed by atoms with E-state index >= 15 is 0 Å². The number of rotatable bonds is 7. The zero-order valence-electron chi connectivity index (χ0n) is 16.0. The summed E-state index contributed by atoms with van der Waals surface area (Å²) in [5, 5.41) is 6.77. The largest absolute Gasteiger partial charge is 0.488 e. The molecule has 0 aliphatic carbocycles. The summed E-state index contributed by atoms with van der Waals surface area (Å²) in [6.45, 7) is 11.6. The van der Waals surface area contributed by atoms with Gasteiger partial charge in [0.25, 0.3) is 0 Å². The van der Waals surface area contributed by atoms with Gasteiger partial charge in [0.05, 0.1) is 19.8 Å². The van der Waals surface area contributed by atoms with Crippen LogP contribution in [0.2, 0.25) is 0 Å². The summed E-state index contributed by atoms with van der Waals surface area (Å²) in [4.78, 5) is 7.24. The molecule has 1 saturated heterocycles. The minimum atomic E-state index is 0.169. The van der Waals surface area contributed by atoms with Crippen molar-refractivity contribution in [2.45, 2.75) is 26.4 Å². The van der Waals surface area contributed by atoms with Crippen molar-refractivity contribution in [3.63, 3.8) is 0 Å². The van der Waals surface area contributed by atoms with Crippen LogP contribution in [-0.4, -0.2) is 69.4 Å². The molecule has 0 bridgehead atoms. The molecule has 2 aliphatic rings. The Labute approximate surface area is 157 Å². The van der Waals surface area contributed by atoms with Gasteiger partial charge in [-0.05, 0) is 24.5 Å². The molecule has 1 aromatic carbocycles. The Morgan fingerprint density at radius 2 is 2.08 bits per heavy atom. The van der Waals surface area contributed by atoms with Crippen molar-refractivity contribution in [1.29, 1.82) is 0 Å². The van der Waals surface area contributed by atoms with E-state index in [0.29, 0.717) is 5.92 Å². The number of guanidine groups is 1. The molecule has 2 N–H and O–H groups in total. The van der Waals surface area contributed by atoms with Gasteiger partial charge >= 0.3 is 0 Å². The molecule has 0 saturated carbocycles. The lowest BCUT2D eigenvalue weighted by atomic mass is 10.1. The molecule has 0 aromatic heterocycles. The van der Waals surface area contributed by atoms with E-state index in [1.165, 1.54) is 5.56 Å². The summed E-state index contributed by atoms with van der Waals surface area (Å²) >= 11 is 0. The predicted molar refractivity (Wildman–Crippen MR) is 105 cm³/mol. The Morgan fingerprint density at radius 3 is 2.85 bits per heavy atom. The van der Waals surface area contributed by atoms with Crippen LogP contribution in [0.1, 0.15) is 19.4 Å². The van der Waals surface area contributed by atoms with Gasteiger partial charge in [-0.1, -0.05) is 25.1 Å². The highest BCUT2D eigenvalue weighted by Gasteiger charge is 2.22. The third kappa shape index (κ3) is 5.61. The van der Waals surface area contributed by atoms with E-state index in [9.17, 15) is 0 Å². The molecule has 0 radical (unpaired) electrons. The maximum Gasteiger partial charge on any atom is 0.191 e. The van der Waals surface area contributed by atoms with Crippen LogP contribution in [0.15, 0.2) is 29.3 Å². The van der Waals surface area contributed by atoms with Crippen molar-refractivity contribution in [1.82, 2.24) is 15.5 Å². The first-order chi connectivity index (χ1) is 12.7. The molecule has 0 spiro atoms. The second-order valence-electron chi connectivity index (χ2n) is 7.17. The first-order valence-corrected chi connectivity index (χ1v) is 9.81. The smallest absolute Gasteiger partial charge is 0.191 e. The minimum absolute atomic E-state index is 0.169. The van der Waals surface area contributed by atoms with Gasteiger partial charge < -0.3 is 20.1 Å². The molecule has 144 valence electrons. The van der Waals surface area contributed by atoms with Crippen molar-refractivity contribution in [2.75, 3.05) is 52.5 Å². The lowest BCUT2D eigenvalue weighted by Gasteiger charge is -2.28. The summed E-state index contributed by atoms with van der Waals surface area (Å²) in [7, 11) is 0. The molecule has 2 heterocycles. The summed E-state index contributed by atoms with van der Waals surface area (Å²) in [6.07, 6.45) is 1.12. The van der Waals surface area contributed by atoms with Crippen LogP contribution < -0.4 is 15.4 Å². The molecule has 1 fully saturated rings. The highest BCUT2D eigenvalue weighted by Crippen LogP contribution is 2.27. The predicted octanol–water partition coefficient (Wildman–Crippen LogP) is 1.51. The molecule has 2 unspecified atom stereocenters. The molecule has 6 heteroatoms. The van der Waals surface area contributed by atoms with E-state index in [2.05, 4.69) is 41.5 Å². The Balaban J connectivity index is 1.43. The molecule has 6 nitrogen and oxygen atoms in total. The highest BCUT2D eigenvalue weighted by atomic mass is 16.5. The molecular formula is C20H32N4O2. The van der Waals surface area contributed by atoms with Gasteiger partial charge in [-0.25, -0.2) is 0 Å². The fourth-order valence-electron chi connectivity index (χ4n) is 3.45. The second-order valence-corrected chi connectivity index (χ2v) is 7.17. The fourth-order valence-corrected chi connectivity index (χ4v) is 3.45. The van der Waals surface area contributed by atoms with Crippen molar-refractivity contribution < 1.29 is 9.47 Å². The average molecular weight is 361 g/mol. The lowest BCUT2D eigenvalue weighted by molar-refractivity contribution is 0.0323. The normalized spacial score (nSPS) is 21.8. The van der Waals surface area contributed by atoms with Crippen LogP contribution in [0, 0.1) is 5.92 Å². The van der Waals surface area contributed by atoms with Gasteiger partial charge in [0.1, 0.15) is 11.9 Å². The number of para-hydroxylation sites is 1. The summed E-state index contributed by atoms with van der Waals surface area (Å²) < 4.78 is 11.4. The average Bonchev–Trinajstić information content (AvgIpc) is 3.08. The summed E-state index contributed by atoms with van der Waals surface area (Å²) in [5.74, 6) is 2.41. The number of ether oxygens (including phenoxy) is 2. The molecule has 1 aromatic rings. The molecule has 2 atom stereocenters. The van der Waals surface area contributed by atoms with Crippen LogP contribution in [0.5, 0.6) is 5.75 Å². The summed E-state index contributed by atoms with van der Waals surface area (Å²) in [6, 6.07) is 8.28. The van der Waals surface area contributed by atoms with E-state index < -0.39 is 0 Å². The van der Waals surface area contributed by atoms with E-state index in [0.717, 1.165) is 70.6 Å². The minimum Gasteiger partial charge on any atom is -0.488 e. The Bertz CT molecular complexity index is 562. The van der Waals surface area contributed by atoms with Crippen LogP contribution in [0.3, 0.4) is 0 Å². The van der Waals surface area contributed by atoms with Crippen LogP contribution >= 0.6 is 0 Å². The van der Waals surface area contributed by atoms with Crippen LogP contribution in [0.25, 0.3) is 0 Å². The first kappa shape index (κ1) is 19.0. The maximum atomic E-state index is 6.00. The van der Waals surface area contributed by atoms with Crippen molar-refractivity contribution in [3.05, 3.63) is 29.8 Å². The zero-order valence-corrected chi connectivity index (χ0v) is 16.0. The van der Waals surface area contributed by atoms with Crippen molar-refractivity contribution >= 4 is 5.96 Å². The van der Waals surface area contributed by atoms with Gasteiger partial charge in [0, 0.05) is 39.1 Å². The van der Waals surface area contributed by atoms with E-state index in [-0.39, 0.29) is 6.10 Å². The highest BCUT2D eigenvalue weighted by molar-refractivity contribution is 5.79. The number of nitrogens with one attached hydrogen (secondary N) is 2. The third-order valence-electron chi connectivity index (χ3n) is 4.79. The number of fused-ring (bicyclic) bond motifs is 1. The zero-order chi connectivity index (χ0) is 18.2. The first-order valence-electron chi connectivity index (χ1n) is 9.81. The standard InChI is InChI=1S/C20H32N4O2/c1-3-21-20(22-13-16(2)15-24-8-10-25-11-9-24)23-14-18-12-17-6-4-5-7-19(17)26-18/h4-7,16,18H,3,8-15H2,1-2H3,(H2,21,22,23). The maximum absolute atomic E-state index is 6.00. The summed E-state index contributed by atoms with van der Waals surface area (Å²) in [5.41, 5.74) is 1.29. The fraction of sp³-hybridized carbons (Fsp3) is 0.650. The second kappa shape index (κ2) is 9.78. The van der Waals surface area contributed by atoms with Gasteiger partial charge in [-0.3, -0.25) is 9.89 Å². The topological polar surface area (TPSA) is 58.1 Å². The third-order valence-corrected chi connectivity index (χ3v) is 4.79. The van der Waals surface area contributed by atoms with Gasteiger partial charge in [0.2, 0.25) is 0 Å². The van der Waals surface area contributed by atoms with Gasteiger partial charge in [-0.15, -0.1) is 0 Å². The Kier molecular flexibility index (Phi) is 7.14. The number of aliphatic imine (C=N–C) groups is 1. The van der Waals surface area contributed by atoms with Gasteiger partial charge in [0.15, 0.2) is 5.96 Å². The number of morpholine rings is 1.